The lowest BCUT2D eigenvalue weighted by Gasteiger charge is -2.22. The maximum Gasteiger partial charge on any atom is 0.408 e. The molecule has 1 atom stereocenters. The lowest BCUT2D eigenvalue weighted by molar-refractivity contribution is -0.139. The summed E-state index contributed by atoms with van der Waals surface area (Å²) in [6.45, 7) is 6.86. The van der Waals surface area contributed by atoms with Gasteiger partial charge in [-0.3, -0.25) is 0 Å². The number of benzene rings is 1. The number of carbonyl (C=O) groups is 2. The van der Waals surface area contributed by atoms with Gasteiger partial charge in [-0.25, -0.2) is 9.59 Å². The molecule has 122 valence electrons. The topological polar surface area (TPSA) is 95.9 Å². The Bertz CT molecular complexity index is 580. The van der Waals surface area contributed by atoms with Crippen LogP contribution in [0.15, 0.2) is 16.6 Å². The Kier molecular flexibility index (Phi) is 5.82. The van der Waals surface area contributed by atoms with Crippen LogP contribution < -0.4 is 5.32 Å². The van der Waals surface area contributed by atoms with Gasteiger partial charge in [-0.1, -0.05) is 12.1 Å². The summed E-state index contributed by atoms with van der Waals surface area (Å²) in [6.07, 6.45) is -0.871. The highest BCUT2D eigenvalue weighted by Crippen LogP contribution is 2.31. The van der Waals surface area contributed by atoms with Gasteiger partial charge >= 0.3 is 12.1 Å². The Balaban J connectivity index is 2.88. The Hall–Kier alpha value is -1.76. The highest BCUT2D eigenvalue weighted by Gasteiger charge is 2.25. The molecule has 0 saturated carbocycles. The van der Waals surface area contributed by atoms with Crippen LogP contribution in [-0.4, -0.2) is 33.9 Å². The minimum Gasteiger partial charge on any atom is -0.506 e. The van der Waals surface area contributed by atoms with Gasteiger partial charge in [0, 0.05) is 6.42 Å². The predicted molar refractivity (Wildman–Crippen MR) is 85.0 cm³/mol. The second-order valence-electron chi connectivity index (χ2n) is 5.95. The minimum absolute atomic E-state index is 0.0303. The zero-order valence-corrected chi connectivity index (χ0v) is 14.5. The van der Waals surface area contributed by atoms with Crippen LogP contribution in [0.5, 0.6) is 5.75 Å². The third-order valence-corrected chi connectivity index (χ3v) is 3.81. The van der Waals surface area contributed by atoms with Crippen molar-refractivity contribution >= 4 is 28.0 Å². The van der Waals surface area contributed by atoms with E-state index in [0.717, 1.165) is 5.56 Å². The van der Waals surface area contributed by atoms with E-state index in [1.165, 1.54) is 0 Å². The number of hydrogen-bond acceptors (Lipinski definition) is 4. The summed E-state index contributed by atoms with van der Waals surface area (Å²) in [5.74, 6) is -1.24. The average molecular weight is 374 g/mol. The lowest BCUT2D eigenvalue weighted by atomic mass is 10.0. The van der Waals surface area contributed by atoms with Crippen molar-refractivity contribution in [3.05, 3.63) is 27.7 Å². The molecule has 1 aromatic rings. The van der Waals surface area contributed by atoms with E-state index in [0.29, 0.717) is 10.0 Å². The standard InChI is InChI=1S/C15H20BrNO5/c1-8-5-6-9(12(18)11(8)16)7-10(13(19)20)17-14(21)22-15(2,3)4/h5-6,10,18H,7H2,1-4H3,(H,17,21)(H,19,20). The van der Waals surface area contributed by atoms with Crippen molar-refractivity contribution in [2.45, 2.75) is 45.8 Å². The number of nitrogens with one attached hydrogen (secondary N) is 1. The number of aryl methyl sites for hydroxylation is 1. The number of halogens is 1. The third-order valence-electron chi connectivity index (χ3n) is 2.81. The highest BCUT2D eigenvalue weighted by molar-refractivity contribution is 9.10. The molecule has 0 spiro atoms. The first kappa shape index (κ1) is 18.3. The molecule has 1 unspecified atom stereocenters. The number of rotatable bonds is 4. The van der Waals surface area contributed by atoms with E-state index in [1.807, 2.05) is 0 Å². The zero-order valence-electron chi connectivity index (χ0n) is 12.9. The Morgan fingerprint density at radius 2 is 1.95 bits per heavy atom. The van der Waals surface area contributed by atoms with Gasteiger partial charge in [-0.15, -0.1) is 0 Å². The van der Waals surface area contributed by atoms with Crippen molar-refractivity contribution < 1.29 is 24.5 Å². The largest absolute Gasteiger partial charge is 0.506 e. The molecule has 0 radical (unpaired) electrons. The van der Waals surface area contributed by atoms with Crippen LogP contribution in [0.3, 0.4) is 0 Å². The molecular weight excluding hydrogens is 354 g/mol. The first-order valence-corrected chi connectivity index (χ1v) is 7.50. The summed E-state index contributed by atoms with van der Waals surface area (Å²) < 4.78 is 5.55. The fraction of sp³-hybridized carbons (Fsp3) is 0.467. The molecule has 3 N–H and O–H groups in total. The second kappa shape index (κ2) is 7.00. The van der Waals surface area contributed by atoms with Crippen molar-refractivity contribution in [3.63, 3.8) is 0 Å². The van der Waals surface area contributed by atoms with Gasteiger partial charge in [0.25, 0.3) is 0 Å². The average Bonchev–Trinajstić information content (AvgIpc) is 2.36. The first-order chi connectivity index (χ1) is 10.0. The molecule has 1 aromatic carbocycles. The van der Waals surface area contributed by atoms with Gasteiger partial charge in [0.15, 0.2) is 0 Å². The fourth-order valence-electron chi connectivity index (χ4n) is 1.74. The number of phenolic OH excluding ortho intramolecular Hbond substituents is 1. The normalized spacial score (nSPS) is 12.6. The van der Waals surface area contributed by atoms with E-state index in [1.54, 1.807) is 39.8 Å². The molecular formula is C15H20BrNO5. The lowest BCUT2D eigenvalue weighted by Crippen LogP contribution is -2.44. The molecule has 0 aromatic heterocycles. The zero-order chi connectivity index (χ0) is 17.1. The maximum absolute atomic E-state index is 11.7. The quantitative estimate of drug-likeness (QED) is 0.753. The number of phenols is 1. The molecule has 6 nitrogen and oxygen atoms in total. The van der Waals surface area contributed by atoms with Crippen LogP contribution in [0.1, 0.15) is 31.9 Å². The molecule has 1 rings (SSSR count). The number of carbonyl (C=O) groups excluding carboxylic acids is 1. The Morgan fingerprint density at radius 3 is 2.45 bits per heavy atom. The number of carboxylic acids is 1. The molecule has 0 saturated heterocycles. The SMILES string of the molecule is Cc1ccc(CC(NC(=O)OC(C)(C)C)C(=O)O)c(O)c1Br. The van der Waals surface area contributed by atoms with E-state index >= 15 is 0 Å². The smallest absolute Gasteiger partial charge is 0.408 e. The van der Waals surface area contributed by atoms with E-state index in [9.17, 15) is 19.8 Å². The summed E-state index contributed by atoms with van der Waals surface area (Å²) >= 11 is 3.24. The molecule has 0 aliphatic rings. The van der Waals surface area contributed by atoms with Gasteiger partial charge in [0.05, 0.1) is 4.47 Å². The molecule has 0 aliphatic heterocycles. The van der Waals surface area contributed by atoms with E-state index in [4.69, 9.17) is 4.74 Å². The van der Waals surface area contributed by atoms with Crippen LogP contribution in [0.4, 0.5) is 4.79 Å². The van der Waals surface area contributed by atoms with Crippen molar-refractivity contribution in [1.82, 2.24) is 5.32 Å². The van der Waals surface area contributed by atoms with Crippen molar-refractivity contribution in [1.29, 1.82) is 0 Å². The molecule has 1 amide bonds. The van der Waals surface area contributed by atoms with Crippen LogP contribution >= 0.6 is 15.9 Å². The number of ether oxygens (including phenoxy) is 1. The van der Waals surface area contributed by atoms with Crippen LogP contribution in [-0.2, 0) is 16.0 Å². The van der Waals surface area contributed by atoms with Gasteiger partial charge < -0.3 is 20.3 Å². The summed E-state index contributed by atoms with van der Waals surface area (Å²) in [7, 11) is 0. The van der Waals surface area contributed by atoms with E-state index in [-0.39, 0.29) is 12.2 Å². The molecule has 0 bridgehead atoms. The number of carboxylic acid groups (broad SMARTS) is 1. The van der Waals surface area contributed by atoms with E-state index in [2.05, 4.69) is 21.2 Å². The highest BCUT2D eigenvalue weighted by atomic mass is 79.9. The van der Waals surface area contributed by atoms with Crippen molar-refractivity contribution in [2.75, 3.05) is 0 Å². The molecule has 22 heavy (non-hydrogen) atoms. The number of aromatic hydroxyl groups is 1. The van der Waals surface area contributed by atoms with Gasteiger partial charge in [0.2, 0.25) is 0 Å². The Labute approximate surface area is 137 Å². The number of amides is 1. The first-order valence-electron chi connectivity index (χ1n) is 6.70. The minimum atomic E-state index is -1.21. The number of alkyl carbamates (subject to hydrolysis) is 1. The fourth-order valence-corrected chi connectivity index (χ4v) is 2.13. The van der Waals surface area contributed by atoms with Gasteiger partial charge in [0.1, 0.15) is 17.4 Å². The summed E-state index contributed by atoms with van der Waals surface area (Å²) in [4.78, 5) is 23.0. The van der Waals surface area contributed by atoms with Crippen LogP contribution in [0.25, 0.3) is 0 Å². The molecule has 7 heteroatoms. The van der Waals surface area contributed by atoms with Crippen LogP contribution in [0, 0.1) is 6.92 Å². The third kappa shape index (κ3) is 5.22. The molecule has 0 heterocycles. The Morgan fingerprint density at radius 1 is 1.36 bits per heavy atom. The van der Waals surface area contributed by atoms with Crippen molar-refractivity contribution in [2.24, 2.45) is 0 Å². The van der Waals surface area contributed by atoms with Crippen molar-refractivity contribution in [3.8, 4) is 5.75 Å². The van der Waals surface area contributed by atoms with Gasteiger partial charge in [-0.2, -0.15) is 0 Å². The molecule has 0 fully saturated rings. The van der Waals surface area contributed by atoms with E-state index < -0.39 is 23.7 Å². The second-order valence-corrected chi connectivity index (χ2v) is 6.74. The monoisotopic (exact) mass is 373 g/mol. The summed E-state index contributed by atoms with van der Waals surface area (Å²) in [5, 5.41) is 21.6. The summed E-state index contributed by atoms with van der Waals surface area (Å²) in [5.41, 5.74) is 0.525. The molecule has 0 aliphatic carbocycles. The maximum atomic E-state index is 11.7. The predicted octanol–water partition coefficient (Wildman–Crippen LogP) is 2.98. The van der Waals surface area contributed by atoms with Gasteiger partial charge in [-0.05, 0) is 54.8 Å². The summed E-state index contributed by atoms with van der Waals surface area (Å²) in [6, 6.07) is 2.18. The number of hydrogen-bond donors (Lipinski definition) is 3. The number of aliphatic carboxylic acids is 1. The van der Waals surface area contributed by atoms with Crippen LogP contribution in [0.2, 0.25) is 0 Å².